The predicted molar refractivity (Wildman–Crippen MR) is 104 cm³/mol. The number of ether oxygens (including phenoxy) is 1. The second-order valence-corrected chi connectivity index (χ2v) is 8.80. The molecular weight excluding hydrogens is 327 g/mol. The molecule has 1 fully saturated rings. The van der Waals surface area contributed by atoms with Gasteiger partial charge in [0.15, 0.2) is 0 Å². The molecule has 5 heteroatoms. The van der Waals surface area contributed by atoms with Crippen molar-refractivity contribution in [2.75, 3.05) is 6.61 Å². The minimum absolute atomic E-state index is 0.106. The van der Waals surface area contributed by atoms with Gasteiger partial charge in [-0.3, -0.25) is 4.79 Å². The summed E-state index contributed by atoms with van der Waals surface area (Å²) in [5.41, 5.74) is 3.53. The van der Waals surface area contributed by atoms with E-state index < -0.39 is 0 Å². The molecule has 0 aromatic carbocycles. The quantitative estimate of drug-likeness (QED) is 0.502. The first-order chi connectivity index (χ1) is 12.2. The normalized spacial score (nSPS) is 27.2. The first kappa shape index (κ1) is 19.7. The molecule has 0 spiro atoms. The van der Waals surface area contributed by atoms with Crippen LogP contribution in [0.15, 0.2) is 22.8 Å². The lowest BCUT2D eigenvalue weighted by Crippen LogP contribution is -2.41. The Labute approximate surface area is 158 Å². The van der Waals surface area contributed by atoms with Crippen molar-refractivity contribution >= 4 is 13.1 Å². The Morgan fingerprint density at radius 2 is 1.92 bits per heavy atom. The molecule has 144 valence electrons. The van der Waals surface area contributed by atoms with Gasteiger partial charge >= 0.3 is 13.1 Å². The van der Waals surface area contributed by atoms with Crippen LogP contribution in [-0.4, -0.2) is 30.9 Å². The summed E-state index contributed by atoms with van der Waals surface area (Å²) >= 11 is 0. The smallest absolute Gasteiger partial charge is 0.458 e. The molecule has 1 aliphatic heterocycles. The number of carbonyl (C=O) groups is 1. The number of carbonyl (C=O) groups excluding carboxylic acids is 1. The van der Waals surface area contributed by atoms with E-state index in [1.165, 1.54) is 29.6 Å². The molecule has 3 aliphatic rings. The highest BCUT2D eigenvalue weighted by atomic mass is 16.7. The minimum Gasteiger partial charge on any atom is -0.466 e. The molecule has 1 heterocycles. The second-order valence-electron chi connectivity index (χ2n) is 8.80. The van der Waals surface area contributed by atoms with Crippen LogP contribution < -0.4 is 0 Å². The first-order valence-corrected chi connectivity index (χ1v) is 10.2. The Morgan fingerprint density at radius 1 is 1.23 bits per heavy atom. The fourth-order valence-corrected chi connectivity index (χ4v) is 4.29. The van der Waals surface area contributed by atoms with Gasteiger partial charge in [-0.05, 0) is 90.1 Å². The third kappa shape index (κ3) is 3.94. The fraction of sp³-hybridized carbons (Fsp3) is 0.762. The first-order valence-electron chi connectivity index (χ1n) is 10.2. The standard InChI is InChI=1S/C21H33BO4/c1-6-24-18(23)13-16-12-17(19(16)15-10-8-7-9-11-15)14-22-25-20(2,3)21(4,5)26-22/h10,17H,6-9,11-14H2,1-5H3. The van der Waals surface area contributed by atoms with Gasteiger partial charge in [0.25, 0.3) is 0 Å². The van der Waals surface area contributed by atoms with Crippen molar-refractivity contribution in [3.05, 3.63) is 22.8 Å². The van der Waals surface area contributed by atoms with E-state index in [0.29, 0.717) is 18.9 Å². The van der Waals surface area contributed by atoms with Crippen LogP contribution in [0.5, 0.6) is 0 Å². The van der Waals surface area contributed by atoms with Crippen LogP contribution in [0, 0.1) is 5.92 Å². The monoisotopic (exact) mass is 360 g/mol. The zero-order valence-corrected chi connectivity index (χ0v) is 17.0. The molecule has 1 saturated heterocycles. The third-order valence-corrected chi connectivity index (χ3v) is 6.36. The summed E-state index contributed by atoms with van der Waals surface area (Å²) < 4.78 is 17.6. The van der Waals surface area contributed by atoms with Gasteiger partial charge in [0.05, 0.1) is 24.2 Å². The van der Waals surface area contributed by atoms with Crippen LogP contribution in [0.4, 0.5) is 0 Å². The maximum Gasteiger partial charge on any atom is 0.458 e. The van der Waals surface area contributed by atoms with Crippen LogP contribution in [-0.2, 0) is 18.8 Å². The van der Waals surface area contributed by atoms with Crippen molar-refractivity contribution in [2.45, 2.75) is 90.7 Å². The van der Waals surface area contributed by atoms with E-state index in [2.05, 4.69) is 33.8 Å². The van der Waals surface area contributed by atoms with Gasteiger partial charge in [-0.15, -0.1) is 0 Å². The molecule has 0 bridgehead atoms. The van der Waals surface area contributed by atoms with E-state index in [1.54, 1.807) is 0 Å². The molecule has 0 N–H and O–H groups in total. The third-order valence-electron chi connectivity index (χ3n) is 6.36. The minimum atomic E-state index is -0.289. The molecule has 0 aromatic heterocycles. The van der Waals surface area contributed by atoms with E-state index in [-0.39, 0.29) is 24.3 Å². The maximum atomic E-state index is 12.0. The summed E-state index contributed by atoms with van der Waals surface area (Å²) in [6, 6.07) is 0. The van der Waals surface area contributed by atoms with Crippen LogP contribution in [0.3, 0.4) is 0 Å². The number of esters is 1. The molecule has 0 amide bonds. The summed E-state index contributed by atoms with van der Waals surface area (Å²) in [5.74, 6) is 0.323. The highest BCUT2D eigenvalue weighted by molar-refractivity contribution is 6.45. The van der Waals surface area contributed by atoms with E-state index in [4.69, 9.17) is 14.0 Å². The Morgan fingerprint density at radius 3 is 2.50 bits per heavy atom. The average Bonchev–Trinajstić information content (AvgIpc) is 2.74. The fourth-order valence-electron chi connectivity index (χ4n) is 4.29. The summed E-state index contributed by atoms with van der Waals surface area (Å²) in [6.07, 6.45) is 9.41. The summed E-state index contributed by atoms with van der Waals surface area (Å²) in [4.78, 5) is 12.0. The molecule has 26 heavy (non-hydrogen) atoms. The van der Waals surface area contributed by atoms with Gasteiger partial charge in [0.2, 0.25) is 0 Å². The summed E-state index contributed by atoms with van der Waals surface area (Å²) in [7, 11) is -0.173. The van der Waals surface area contributed by atoms with Gasteiger partial charge in [-0.1, -0.05) is 11.6 Å². The van der Waals surface area contributed by atoms with Crippen LogP contribution in [0.1, 0.15) is 73.1 Å². The maximum absolute atomic E-state index is 12.0. The van der Waals surface area contributed by atoms with E-state index in [9.17, 15) is 4.79 Å². The number of allylic oxidation sites excluding steroid dienone is 3. The zero-order chi connectivity index (χ0) is 18.9. The Hall–Kier alpha value is -1.07. The van der Waals surface area contributed by atoms with Gasteiger partial charge in [0, 0.05) is 0 Å². The second kappa shape index (κ2) is 7.51. The lowest BCUT2D eigenvalue weighted by atomic mass is 9.62. The van der Waals surface area contributed by atoms with E-state index in [0.717, 1.165) is 25.6 Å². The Kier molecular flexibility index (Phi) is 5.69. The summed E-state index contributed by atoms with van der Waals surface area (Å²) in [5, 5.41) is 0. The number of hydrogen-bond donors (Lipinski definition) is 0. The van der Waals surface area contributed by atoms with Gasteiger partial charge in [-0.2, -0.15) is 0 Å². The highest BCUT2D eigenvalue weighted by Gasteiger charge is 2.52. The van der Waals surface area contributed by atoms with Crippen LogP contribution in [0.25, 0.3) is 0 Å². The lowest BCUT2D eigenvalue weighted by molar-refractivity contribution is -0.142. The largest absolute Gasteiger partial charge is 0.466 e. The molecule has 0 radical (unpaired) electrons. The van der Waals surface area contributed by atoms with Crippen molar-refractivity contribution in [2.24, 2.45) is 5.92 Å². The van der Waals surface area contributed by atoms with Gasteiger partial charge < -0.3 is 14.0 Å². The van der Waals surface area contributed by atoms with Crippen molar-refractivity contribution in [3.63, 3.8) is 0 Å². The van der Waals surface area contributed by atoms with Gasteiger partial charge in [-0.25, -0.2) is 0 Å². The molecule has 0 aromatic rings. The highest BCUT2D eigenvalue weighted by Crippen LogP contribution is 2.48. The van der Waals surface area contributed by atoms with Crippen molar-refractivity contribution in [1.82, 2.24) is 0 Å². The zero-order valence-electron chi connectivity index (χ0n) is 17.0. The molecular formula is C21H33BO4. The van der Waals surface area contributed by atoms with Crippen molar-refractivity contribution in [1.29, 1.82) is 0 Å². The van der Waals surface area contributed by atoms with Crippen LogP contribution >= 0.6 is 0 Å². The molecule has 1 unspecified atom stereocenters. The number of hydrogen-bond acceptors (Lipinski definition) is 4. The molecule has 1 atom stereocenters. The molecule has 4 nitrogen and oxygen atoms in total. The van der Waals surface area contributed by atoms with Crippen molar-refractivity contribution in [3.8, 4) is 0 Å². The van der Waals surface area contributed by atoms with Crippen molar-refractivity contribution < 1.29 is 18.8 Å². The molecule has 2 aliphatic carbocycles. The predicted octanol–water partition coefficient (Wildman–Crippen LogP) is 4.85. The van der Waals surface area contributed by atoms with Crippen LogP contribution in [0.2, 0.25) is 6.32 Å². The number of rotatable bonds is 6. The van der Waals surface area contributed by atoms with E-state index >= 15 is 0 Å². The molecule has 3 rings (SSSR count). The summed E-state index contributed by atoms with van der Waals surface area (Å²) in [6.45, 7) is 10.7. The molecule has 0 saturated carbocycles. The van der Waals surface area contributed by atoms with E-state index in [1.807, 2.05) is 6.92 Å². The Bertz CT molecular complexity index is 602. The Balaban J connectivity index is 1.72. The topological polar surface area (TPSA) is 44.8 Å². The lowest BCUT2D eigenvalue weighted by Gasteiger charge is -2.37. The van der Waals surface area contributed by atoms with Gasteiger partial charge in [0.1, 0.15) is 0 Å². The average molecular weight is 360 g/mol. The SMILES string of the molecule is CCOC(=O)CC1=C(C2=CCCCC2)C(CB2OC(C)(C)C(C)(C)O2)C1.